The summed E-state index contributed by atoms with van der Waals surface area (Å²) >= 11 is 38.7. The average molecular weight is 500 g/mol. The molecule has 10 heteroatoms. The lowest BCUT2D eigenvalue weighted by Gasteiger charge is -2.39. The maximum atomic E-state index is 7.27. The van der Waals surface area contributed by atoms with E-state index < -0.39 is 4.87 Å². The standard InChI is InChI=1S/C17H12Cl5N3S2/c18-10-4-11-15(14(21)5-10)27-7-9(6-24-25-16(23)26)17(11,22)8-1-2-12(19)13(20)3-8/h1-6,9H,7H2,(H3,23,25,26). The average Bonchev–Trinajstić information content (AvgIpc) is 2.59. The Morgan fingerprint density at radius 3 is 2.59 bits per heavy atom. The molecule has 3 rings (SSSR count). The van der Waals surface area contributed by atoms with Crippen LogP contribution in [-0.2, 0) is 4.87 Å². The Kier molecular flexibility index (Phi) is 6.74. The van der Waals surface area contributed by atoms with Crippen molar-refractivity contribution in [3.63, 3.8) is 0 Å². The number of thioether (sulfide) groups is 1. The summed E-state index contributed by atoms with van der Waals surface area (Å²) in [5.41, 5.74) is 9.54. The topological polar surface area (TPSA) is 50.4 Å². The molecule has 0 spiro atoms. The summed E-state index contributed by atoms with van der Waals surface area (Å²) in [6.07, 6.45) is 1.68. The van der Waals surface area contributed by atoms with Crippen LogP contribution >= 0.6 is 82.0 Å². The minimum atomic E-state index is -1.01. The number of alkyl halides is 1. The first-order valence-electron chi connectivity index (χ1n) is 7.59. The van der Waals surface area contributed by atoms with Crippen LogP contribution in [0.3, 0.4) is 0 Å². The molecule has 0 radical (unpaired) electrons. The van der Waals surface area contributed by atoms with Crippen LogP contribution in [-0.4, -0.2) is 17.1 Å². The molecule has 3 N–H and O–H groups in total. The second-order valence-corrected chi connectivity index (χ2v) is 9.50. The van der Waals surface area contributed by atoms with E-state index in [1.165, 1.54) is 0 Å². The first kappa shape index (κ1) is 21.3. The zero-order chi connectivity index (χ0) is 19.8. The van der Waals surface area contributed by atoms with Gasteiger partial charge in [-0.15, -0.1) is 23.4 Å². The van der Waals surface area contributed by atoms with E-state index in [0.717, 1.165) is 16.0 Å². The number of rotatable bonds is 3. The van der Waals surface area contributed by atoms with Crippen LogP contribution in [0, 0.1) is 5.92 Å². The molecule has 1 heterocycles. The molecule has 2 aromatic carbocycles. The molecule has 0 fully saturated rings. The van der Waals surface area contributed by atoms with E-state index in [-0.39, 0.29) is 11.0 Å². The van der Waals surface area contributed by atoms with Crippen molar-refractivity contribution >= 4 is 93.3 Å². The number of hydrogen-bond acceptors (Lipinski definition) is 3. The molecular formula is C17H12Cl5N3S2. The third-order valence-electron chi connectivity index (χ3n) is 4.09. The lowest BCUT2D eigenvalue weighted by Crippen LogP contribution is -2.38. The lowest BCUT2D eigenvalue weighted by atomic mass is 9.80. The molecule has 0 aromatic heterocycles. The number of nitrogens with two attached hydrogens (primary N) is 1. The number of halogens is 5. The number of hydrogen-bond donors (Lipinski definition) is 2. The predicted octanol–water partition coefficient (Wildman–Crippen LogP) is 6.32. The van der Waals surface area contributed by atoms with Gasteiger partial charge in [0.25, 0.3) is 0 Å². The van der Waals surface area contributed by atoms with Gasteiger partial charge in [0.2, 0.25) is 0 Å². The van der Waals surface area contributed by atoms with Gasteiger partial charge in [-0.1, -0.05) is 52.5 Å². The van der Waals surface area contributed by atoms with E-state index in [2.05, 4.69) is 10.5 Å². The number of thiocarbonyl (C=S) groups is 1. The maximum absolute atomic E-state index is 7.27. The molecule has 1 aliphatic heterocycles. The maximum Gasteiger partial charge on any atom is 0.184 e. The first-order chi connectivity index (χ1) is 12.7. The van der Waals surface area contributed by atoms with Gasteiger partial charge < -0.3 is 5.73 Å². The summed E-state index contributed by atoms with van der Waals surface area (Å²) in [5, 5.41) is 6.05. The first-order valence-corrected chi connectivity index (χ1v) is 10.9. The molecule has 0 saturated heterocycles. The number of benzene rings is 2. The second-order valence-electron chi connectivity index (χ2n) is 5.78. The smallest absolute Gasteiger partial charge is 0.184 e. The summed E-state index contributed by atoms with van der Waals surface area (Å²) in [5.74, 6) is 0.394. The van der Waals surface area contributed by atoms with Crippen LogP contribution in [0.4, 0.5) is 0 Å². The normalized spacial score (nSPS) is 21.9. The molecule has 1 aliphatic rings. The van der Waals surface area contributed by atoms with Gasteiger partial charge in [-0.25, -0.2) is 0 Å². The van der Waals surface area contributed by atoms with Crippen molar-refractivity contribution in [1.82, 2.24) is 5.43 Å². The Morgan fingerprint density at radius 1 is 1.19 bits per heavy atom. The van der Waals surface area contributed by atoms with Gasteiger partial charge in [-0.2, -0.15) is 5.10 Å². The van der Waals surface area contributed by atoms with Gasteiger partial charge >= 0.3 is 0 Å². The lowest BCUT2D eigenvalue weighted by molar-refractivity contribution is 0.586. The molecule has 3 nitrogen and oxygen atoms in total. The van der Waals surface area contributed by atoms with Crippen molar-refractivity contribution in [2.24, 2.45) is 16.8 Å². The third kappa shape index (κ3) is 4.30. The molecular weight excluding hydrogens is 488 g/mol. The fourth-order valence-corrected chi connectivity index (χ4v) is 5.70. The number of nitrogens with zero attached hydrogens (tertiary/aromatic N) is 1. The summed E-state index contributed by atoms with van der Waals surface area (Å²) in [4.78, 5) is -0.140. The second kappa shape index (κ2) is 8.54. The van der Waals surface area contributed by atoms with Crippen LogP contribution < -0.4 is 11.2 Å². The van der Waals surface area contributed by atoms with Crippen molar-refractivity contribution in [3.8, 4) is 0 Å². The van der Waals surface area contributed by atoms with Gasteiger partial charge in [-0.05, 0) is 47.6 Å². The van der Waals surface area contributed by atoms with Gasteiger partial charge in [0, 0.05) is 27.8 Å². The fourth-order valence-electron chi connectivity index (χ4n) is 2.89. The van der Waals surface area contributed by atoms with Crippen LogP contribution in [0.5, 0.6) is 0 Å². The van der Waals surface area contributed by atoms with E-state index >= 15 is 0 Å². The summed E-state index contributed by atoms with van der Waals surface area (Å²) in [6.45, 7) is 0. The van der Waals surface area contributed by atoms with E-state index in [1.54, 1.807) is 36.2 Å². The minimum absolute atomic E-state index is 0.0657. The van der Waals surface area contributed by atoms with E-state index in [1.807, 2.05) is 12.1 Å². The highest BCUT2D eigenvalue weighted by molar-refractivity contribution is 7.99. The highest BCUT2D eigenvalue weighted by atomic mass is 35.5. The van der Waals surface area contributed by atoms with E-state index in [9.17, 15) is 0 Å². The molecule has 27 heavy (non-hydrogen) atoms. The van der Waals surface area contributed by atoms with Crippen LogP contribution in [0.2, 0.25) is 20.1 Å². The number of hydrazone groups is 1. The zero-order valence-corrected chi connectivity index (χ0v) is 18.9. The highest BCUT2D eigenvalue weighted by Crippen LogP contribution is 2.54. The molecule has 2 atom stereocenters. The fraction of sp³-hybridized carbons (Fsp3) is 0.176. The van der Waals surface area contributed by atoms with Crippen LogP contribution in [0.25, 0.3) is 0 Å². The largest absolute Gasteiger partial charge is 0.375 e. The van der Waals surface area contributed by atoms with Crippen molar-refractivity contribution < 1.29 is 0 Å². The Labute approximate surface area is 191 Å². The summed E-state index contributed by atoms with van der Waals surface area (Å²) in [7, 11) is 0. The van der Waals surface area contributed by atoms with Crippen molar-refractivity contribution in [3.05, 3.63) is 61.5 Å². The van der Waals surface area contributed by atoms with Gasteiger partial charge in [0.15, 0.2) is 5.11 Å². The molecule has 0 aliphatic carbocycles. The van der Waals surface area contributed by atoms with Gasteiger partial charge in [0.05, 0.1) is 15.1 Å². The molecule has 2 aromatic rings. The Bertz CT molecular complexity index is 937. The SMILES string of the molecule is NC(=S)NN=CC1CSc2c(Cl)cc(Cl)cc2C1(Cl)c1ccc(Cl)c(Cl)c1. The highest BCUT2D eigenvalue weighted by Gasteiger charge is 2.45. The molecule has 142 valence electrons. The Morgan fingerprint density at radius 2 is 1.93 bits per heavy atom. The summed E-state index contributed by atoms with van der Waals surface area (Å²) in [6, 6.07) is 8.79. The molecule has 2 unspecified atom stereocenters. The minimum Gasteiger partial charge on any atom is -0.375 e. The van der Waals surface area contributed by atoms with Crippen LogP contribution in [0.1, 0.15) is 11.1 Å². The van der Waals surface area contributed by atoms with Gasteiger partial charge in [0.1, 0.15) is 4.87 Å². The Hall–Kier alpha value is -0.400. The van der Waals surface area contributed by atoms with Crippen LogP contribution in [0.15, 0.2) is 40.3 Å². The quantitative estimate of drug-likeness (QED) is 0.224. The third-order valence-corrected chi connectivity index (χ3v) is 7.50. The summed E-state index contributed by atoms with van der Waals surface area (Å²) < 4.78 is 0. The van der Waals surface area contributed by atoms with Crippen molar-refractivity contribution in [1.29, 1.82) is 0 Å². The number of nitrogens with one attached hydrogen (secondary N) is 1. The van der Waals surface area contributed by atoms with E-state index in [4.69, 9.17) is 76.0 Å². The predicted molar refractivity (Wildman–Crippen MR) is 122 cm³/mol. The molecule has 0 bridgehead atoms. The Balaban J connectivity index is 2.20. The van der Waals surface area contributed by atoms with Gasteiger partial charge in [-0.3, -0.25) is 5.43 Å². The van der Waals surface area contributed by atoms with E-state index in [0.29, 0.717) is 25.8 Å². The zero-order valence-electron chi connectivity index (χ0n) is 13.5. The van der Waals surface area contributed by atoms with Crippen molar-refractivity contribution in [2.75, 3.05) is 5.75 Å². The monoisotopic (exact) mass is 497 g/mol. The molecule has 0 amide bonds. The molecule has 0 saturated carbocycles. The number of fused-ring (bicyclic) bond motifs is 1. The van der Waals surface area contributed by atoms with Crippen molar-refractivity contribution in [2.45, 2.75) is 9.77 Å².